The minimum absolute atomic E-state index is 0.141. The van der Waals surface area contributed by atoms with Gasteiger partial charge in [-0.25, -0.2) is 0 Å². The first-order valence-corrected chi connectivity index (χ1v) is 27.6. The fourth-order valence-corrected chi connectivity index (χ4v) is 8.78. The summed E-state index contributed by atoms with van der Waals surface area (Å²) in [6.07, 6.45) is 64.7. The second kappa shape index (κ2) is 51.5. The summed E-state index contributed by atoms with van der Waals surface area (Å²) >= 11 is 0. The van der Waals surface area contributed by atoms with Gasteiger partial charge < -0.3 is 20.6 Å². The molecule has 0 radical (unpaired) electrons. The van der Waals surface area contributed by atoms with Crippen molar-refractivity contribution in [1.82, 2.24) is 5.32 Å². The zero-order valence-electron chi connectivity index (χ0n) is 41.3. The van der Waals surface area contributed by atoms with Crippen molar-refractivity contribution in [3.63, 3.8) is 0 Å². The van der Waals surface area contributed by atoms with Crippen LogP contribution in [0.2, 0.25) is 0 Å². The van der Waals surface area contributed by atoms with Crippen LogP contribution < -0.4 is 5.32 Å². The van der Waals surface area contributed by atoms with Crippen LogP contribution >= 0.6 is 0 Å². The summed E-state index contributed by atoms with van der Waals surface area (Å²) in [5.41, 5.74) is 0. The molecule has 1 amide bonds. The van der Waals surface area contributed by atoms with Crippen molar-refractivity contribution in [2.45, 2.75) is 321 Å². The van der Waals surface area contributed by atoms with Crippen molar-refractivity contribution in [3.8, 4) is 0 Å². The fourth-order valence-electron chi connectivity index (χ4n) is 8.78. The van der Waals surface area contributed by atoms with Crippen LogP contribution in [-0.2, 0) is 4.79 Å². The van der Waals surface area contributed by atoms with Crippen molar-refractivity contribution < 1.29 is 20.1 Å². The Bertz CT molecular complexity index is 905. The first kappa shape index (κ1) is 59.8. The fraction of sp³-hybridized carbons (Fsp3) is 0.911. The van der Waals surface area contributed by atoms with E-state index < -0.39 is 18.2 Å². The molecular formula is C56H109NO4. The SMILES string of the molecule is CCCCCCCCCCC/C=C\C/C=C\CCCCCCCCCCCCCCCC(=O)NC(CO)C(O)C(O)CCCCCCCCCCCCCCCCCCCC. The lowest BCUT2D eigenvalue weighted by Gasteiger charge is -2.26. The second-order valence-corrected chi connectivity index (χ2v) is 19.1. The number of rotatable bonds is 51. The van der Waals surface area contributed by atoms with E-state index in [4.69, 9.17) is 0 Å². The number of hydrogen-bond donors (Lipinski definition) is 4. The molecule has 0 aliphatic heterocycles. The van der Waals surface area contributed by atoms with E-state index in [1.165, 1.54) is 231 Å². The van der Waals surface area contributed by atoms with Crippen molar-refractivity contribution in [1.29, 1.82) is 0 Å². The molecule has 5 nitrogen and oxygen atoms in total. The molecule has 4 N–H and O–H groups in total. The van der Waals surface area contributed by atoms with Gasteiger partial charge in [-0.3, -0.25) is 4.79 Å². The van der Waals surface area contributed by atoms with Gasteiger partial charge in [-0.1, -0.05) is 276 Å². The molecular weight excluding hydrogens is 751 g/mol. The van der Waals surface area contributed by atoms with Crippen LogP contribution in [0.3, 0.4) is 0 Å². The van der Waals surface area contributed by atoms with Crippen LogP contribution in [0.1, 0.15) is 303 Å². The van der Waals surface area contributed by atoms with Crippen molar-refractivity contribution in [2.75, 3.05) is 6.61 Å². The molecule has 0 aliphatic rings. The Hall–Kier alpha value is -1.17. The average molecular weight is 860 g/mol. The highest BCUT2D eigenvalue weighted by Gasteiger charge is 2.26. The molecule has 0 rings (SSSR count). The zero-order chi connectivity index (χ0) is 44.4. The number of carbonyl (C=O) groups excluding carboxylic acids is 1. The van der Waals surface area contributed by atoms with Crippen LogP contribution in [0.15, 0.2) is 24.3 Å². The third-order valence-electron chi connectivity index (χ3n) is 13.1. The van der Waals surface area contributed by atoms with Gasteiger partial charge in [0.2, 0.25) is 5.91 Å². The quantitative estimate of drug-likeness (QED) is 0.0362. The lowest BCUT2D eigenvalue weighted by atomic mass is 9.99. The monoisotopic (exact) mass is 860 g/mol. The normalized spacial score (nSPS) is 13.5. The predicted molar refractivity (Wildman–Crippen MR) is 268 cm³/mol. The summed E-state index contributed by atoms with van der Waals surface area (Å²) in [6, 6.07) is -0.809. The molecule has 362 valence electrons. The number of nitrogens with one attached hydrogen (secondary N) is 1. The molecule has 0 aromatic carbocycles. The first-order valence-electron chi connectivity index (χ1n) is 27.6. The topological polar surface area (TPSA) is 89.8 Å². The summed E-state index contributed by atoms with van der Waals surface area (Å²) < 4.78 is 0. The highest BCUT2D eigenvalue weighted by molar-refractivity contribution is 5.76. The third-order valence-corrected chi connectivity index (χ3v) is 13.1. The van der Waals surface area contributed by atoms with Gasteiger partial charge in [0.15, 0.2) is 0 Å². The van der Waals surface area contributed by atoms with E-state index >= 15 is 0 Å². The maximum absolute atomic E-state index is 12.5. The van der Waals surface area contributed by atoms with Crippen LogP contribution in [0.4, 0.5) is 0 Å². The Morgan fingerprint density at radius 1 is 0.410 bits per heavy atom. The van der Waals surface area contributed by atoms with E-state index in [-0.39, 0.29) is 12.5 Å². The summed E-state index contributed by atoms with van der Waals surface area (Å²) in [7, 11) is 0. The van der Waals surface area contributed by atoms with E-state index in [9.17, 15) is 20.1 Å². The molecule has 0 aliphatic carbocycles. The summed E-state index contributed by atoms with van der Waals surface area (Å²) in [6.45, 7) is 4.21. The molecule has 0 saturated heterocycles. The van der Waals surface area contributed by atoms with Crippen LogP contribution in [-0.4, -0.2) is 46.1 Å². The summed E-state index contributed by atoms with van der Waals surface area (Å²) in [4.78, 5) is 12.5. The lowest BCUT2D eigenvalue weighted by Crippen LogP contribution is -2.50. The molecule has 61 heavy (non-hydrogen) atoms. The van der Waals surface area contributed by atoms with Crippen molar-refractivity contribution in [3.05, 3.63) is 24.3 Å². The zero-order valence-corrected chi connectivity index (χ0v) is 41.3. The van der Waals surface area contributed by atoms with Gasteiger partial charge >= 0.3 is 0 Å². The Kier molecular flexibility index (Phi) is 50.5. The largest absolute Gasteiger partial charge is 0.394 e. The molecule has 3 atom stereocenters. The standard InChI is InChI=1S/C56H109NO4/c1-3-5-7-9-11-13-15-17-19-21-23-24-25-26-27-28-29-30-31-32-33-35-37-39-41-43-45-47-49-51-55(60)57-53(52-58)56(61)54(59)50-48-46-44-42-40-38-36-34-22-20-18-16-14-12-10-8-6-4-2/h23-24,26-27,53-54,56,58-59,61H,3-22,25,28-52H2,1-2H3,(H,57,60)/b24-23-,27-26-. The molecule has 5 heteroatoms. The van der Waals surface area contributed by atoms with E-state index in [0.29, 0.717) is 12.8 Å². The number of unbranched alkanes of at least 4 members (excludes halogenated alkanes) is 39. The minimum atomic E-state index is -1.14. The number of amides is 1. The van der Waals surface area contributed by atoms with Crippen LogP contribution in [0.25, 0.3) is 0 Å². The van der Waals surface area contributed by atoms with Crippen molar-refractivity contribution in [2.24, 2.45) is 0 Å². The molecule has 0 saturated carbocycles. The number of hydrogen-bond acceptors (Lipinski definition) is 4. The average Bonchev–Trinajstić information content (AvgIpc) is 3.26. The maximum atomic E-state index is 12.5. The minimum Gasteiger partial charge on any atom is -0.394 e. The summed E-state index contributed by atoms with van der Waals surface area (Å²) in [5, 5.41) is 33.8. The molecule has 0 aromatic heterocycles. The van der Waals surface area contributed by atoms with Gasteiger partial charge in [-0.2, -0.15) is 0 Å². The van der Waals surface area contributed by atoms with Gasteiger partial charge in [-0.05, 0) is 44.9 Å². The maximum Gasteiger partial charge on any atom is 0.220 e. The summed E-state index contributed by atoms with van der Waals surface area (Å²) in [5.74, 6) is -0.141. The van der Waals surface area contributed by atoms with E-state index in [2.05, 4.69) is 43.5 Å². The number of allylic oxidation sites excluding steroid dienone is 4. The van der Waals surface area contributed by atoms with E-state index in [0.717, 1.165) is 44.9 Å². The molecule has 0 aromatic rings. The molecule has 0 bridgehead atoms. The van der Waals surface area contributed by atoms with Gasteiger partial charge in [0, 0.05) is 6.42 Å². The van der Waals surface area contributed by atoms with Crippen LogP contribution in [0, 0.1) is 0 Å². The number of carbonyl (C=O) groups is 1. The van der Waals surface area contributed by atoms with E-state index in [1.54, 1.807) is 0 Å². The van der Waals surface area contributed by atoms with E-state index in [1.807, 2.05) is 0 Å². The highest BCUT2D eigenvalue weighted by Crippen LogP contribution is 2.18. The molecule has 0 spiro atoms. The Morgan fingerprint density at radius 3 is 1.03 bits per heavy atom. The number of aliphatic hydroxyl groups excluding tert-OH is 3. The molecule has 3 unspecified atom stereocenters. The Balaban J connectivity index is 3.53. The molecule has 0 heterocycles. The predicted octanol–water partition coefficient (Wildman–Crippen LogP) is 16.9. The Morgan fingerprint density at radius 2 is 0.705 bits per heavy atom. The second-order valence-electron chi connectivity index (χ2n) is 19.1. The smallest absolute Gasteiger partial charge is 0.220 e. The Labute approximate surface area is 382 Å². The molecule has 0 fully saturated rings. The first-order chi connectivity index (χ1) is 30.1. The number of aliphatic hydroxyl groups is 3. The lowest BCUT2D eigenvalue weighted by molar-refractivity contribution is -0.124. The van der Waals surface area contributed by atoms with Gasteiger partial charge in [0.05, 0.1) is 18.8 Å². The van der Waals surface area contributed by atoms with Crippen molar-refractivity contribution >= 4 is 5.91 Å². The van der Waals surface area contributed by atoms with Crippen LogP contribution in [0.5, 0.6) is 0 Å². The van der Waals surface area contributed by atoms with Gasteiger partial charge in [0.25, 0.3) is 0 Å². The highest BCUT2D eigenvalue weighted by atomic mass is 16.3. The van der Waals surface area contributed by atoms with Gasteiger partial charge in [-0.15, -0.1) is 0 Å². The van der Waals surface area contributed by atoms with Gasteiger partial charge in [0.1, 0.15) is 6.10 Å². The third kappa shape index (κ3) is 46.6.